The van der Waals surface area contributed by atoms with Gasteiger partial charge in [0.15, 0.2) is 5.78 Å². The molecule has 28 heavy (non-hydrogen) atoms. The lowest BCUT2D eigenvalue weighted by Gasteiger charge is -2.29. The molecule has 1 N–H and O–H groups in total. The third-order valence-electron chi connectivity index (χ3n) is 5.78. The predicted molar refractivity (Wildman–Crippen MR) is 114 cm³/mol. The van der Waals surface area contributed by atoms with Crippen LogP contribution in [0.25, 0.3) is 0 Å². The maximum atomic E-state index is 13.1. The Morgan fingerprint density at radius 1 is 1.11 bits per heavy atom. The molecule has 1 atom stereocenters. The monoisotopic (exact) mass is 407 g/mol. The summed E-state index contributed by atoms with van der Waals surface area (Å²) in [5, 5.41) is 3.71. The van der Waals surface area contributed by atoms with E-state index in [-0.39, 0.29) is 23.5 Å². The van der Waals surface area contributed by atoms with Crippen LogP contribution >= 0.6 is 11.6 Å². The Kier molecular flexibility index (Phi) is 9.46. The molecule has 0 aromatic heterocycles. The van der Waals surface area contributed by atoms with Crippen LogP contribution in [0.2, 0.25) is 5.02 Å². The van der Waals surface area contributed by atoms with Crippen LogP contribution in [0.1, 0.15) is 70.3 Å². The Bertz CT molecular complexity index is 619. The van der Waals surface area contributed by atoms with Crippen molar-refractivity contribution in [3.63, 3.8) is 0 Å². The molecule has 1 amide bonds. The molecule has 0 radical (unpaired) electrons. The molecular formula is C23H34ClNO3. The number of methoxy groups -OCH3 is 1. The molecule has 4 nitrogen and oxygen atoms in total. The number of Topliss-reactive ketones (excluding diaryl/α,β-unsaturated/α-hetero) is 1. The van der Waals surface area contributed by atoms with E-state index in [9.17, 15) is 9.59 Å². The van der Waals surface area contributed by atoms with Gasteiger partial charge in [-0.1, -0.05) is 50.4 Å². The van der Waals surface area contributed by atoms with Crippen molar-refractivity contribution in [1.82, 2.24) is 5.32 Å². The first-order chi connectivity index (χ1) is 13.4. The summed E-state index contributed by atoms with van der Waals surface area (Å²) in [6.45, 7) is 4.37. The summed E-state index contributed by atoms with van der Waals surface area (Å²) < 4.78 is 4.96. The van der Waals surface area contributed by atoms with E-state index >= 15 is 0 Å². The van der Waals surface area contributed by atoms with E-state index in [1.807, 2.05) is 26.0 Å². The van der Waals surface area contributed by atoms with Crippen molar-refractivity contribution in [2.45, 2.75) is 70.8 Å². The third kappa shape index (κ3) is 6.89. The van der Waals surface area contributed by atoms with Crippen molar-refractivity contribution in [3.8, 4) is 0 Å². The summed E-state index contributed by atoms with van der Waals surface area (Å²) in [4.78, 5) is 25.2. The van der Waals surface area contributed by atoms with Crippen LogP contribution in [-0.2, 0) is 14.3 Å². The number of ether oxygens (including phenoxy) is 1. The second-order valence-corrected chi connectivity index (χ2v) is 8.68. The van der Waals surface area contributed by atoms with E-state index in [4.69, 9.17) is 16.3 Å². The first-order valence-electron chi connectivity index (χ1n) is 10.5. The molecule has 0 heterocycles. The van der Waals surface area contributed by atoms with Gasteiger partial charge in [-0.25, -0.2) is 0 Å². The number of carbonyl (C=O) groups is 2. The van der Waals surface area contributed by atoms with Gasteiger partial charge in [0.2, 0.25) is 5.91 Å². The third-order valence-corrected chi connectivity index (χ3v) is 6.03. The van der Waals surface area contributed by atoms with Gasteiger partial charge in [0.1, 0.15) is 0 Å². The Morgan fingerprint density at radius 3 is 2.25 bits per heavy atom. The van der Waals surface area contributed by atoms with Crippen LogP contribution in [0.5, 0.6) is 0 Å². The van der Waals surface area contributed by atoms with Crippen LogP contribution in [0.15, 0.2) is 24.3 Å². The van der Waals surface area contributed by atoms with Gasteiger partial charge in [0, 0.05) is 24.5 Å². The smallest absolute Gasteiger partial charge is 0.222 e. The number of hydrogen-bond acceptors (Lipinski definition) is 3. The zero-order valence-corrected chi connectivity index (χ0v) is 18.1. The Morgan fingerprint density at radius 2 is 1.71 bits per heavy atom. The van der Waals surface area contributed by atoms with Gasteiger partial charge < -0.3 is 10.1 Å². The number of ketones is 1. The average molecular weight is 408 g/mol. The normalized spacial score (nSPS) is 21.6. The first-order valence-corrected chi connectivity index (χ1v) is 10.9. The molecule has 1 aromatic carbocycles. The van der Waals surface area contributed by atoms with Crippen molar-refractivity contribution < 1.29 is 14.3 Å². The van der Waals surface area contributed by atoms with E-state index in [1.165, 1.54) is 5.56 Å². The van der Waals surface area contributed by atoms with Crippen molar-refractivity contribution >= 4 is 23.3 Å². The van der Waals surface area contributed by atoms with Gasteiger partial charge in [0.25, 0.3) is 0 Å². The summed E-state index contributed by atoms with van der Waals surface area (Å²) in [6, 6.07) is 7.77. The number of halogens is 1. The molecule has 2 rings (SSSR count). The molecule has 0 spiro atoms. The summed E-state index contributed by atoms with van der Waals surface area (Å²) in [7, 11) is 1.57. The van der Waals surface area contributed by atoms with Crippen LogP contribution in [0, 0.1) is 11.8 Å². The van der Waals surface area contributed by atoms with E-state index < -0.39 is 6.04 Å². The van der Waals surface area contributed by atoms with Crippen LogP contribution in [0.4, 0.5) is 0 Å². The fourth-order valence-corrected chi connectivity index (χ4v) is 4.25. The second-order valence-electron chi connectivity index (χ2n) is 8.24. The van der Waals surface area contributed by atoms with E-state index in [1.54, 1.807) is 7.11 Å². The molecule has 1 unspecified atom stereocenters. The molecule has 1 saturated carbocycles. The maximum Gasteiger partial charge on any atom is 0.222 e. The SMILES string of the molecule is COCCC(=O)NC(C(=O)C1CCCC(c2ccc(Cl)cc2)CCC1)C(C)C. The number of amides is 1. The fraction of sp³-hybridized carbons (Fsp3) is 0.652. The van der Waals surface area contributed by atoms with Crippen molar-refractivity contribution in [3.05, 3.63) is 34.9 Å². The number of nitrogens with one attached hydrogen (secondary N) is 1. The second kappa shape index (κ2) is 11.6. The van der Waals surface area contributed by atoms with Gasteiger partial charge in [-0.15, -0.1) is 0 Å². The molecule has 1 fully saturated rings. The van der Waals surface area contributed by atoms with Crippen LogP contribution < -0.4 is 5.32 Å². The van der Waals surface area contributed by atoms with Crippen molar-refractivity contribution in [2.75, 3.05) is 13.7 Å². The molecule has 5 heteroatoms. The first kappa shape index (κ1) is 22.9. The van der Waals surface area contributed by atoms with Crippen molar-refractivity contribution in [2.24, 2.45) is 11.8 Å². The number of rotatable bonds is 8. The molecule has 0 saturated heterocycles. The van der Waals surface area contributed by atoms with E-state index in [0.717, 1.165) is 43.5 Å². The number of hydrogen-bond donors (Lipinski definition) is 1. The minimum atomic E-state index is -0.402. The summed E-state index contributed by atoms with van der Waals surface area (Å²) in [6.07, 6.45) is 6.36. The largest absolute Gasteiger partial charge is 0.384 e. The highest BCUT2D eigenvalue weighted by molar-refractivity contribution is 6.30. The summed E-state index contributed by atoms with van der Waals surface area (Å²) in [5.74, 6) is 0.767. The molecule has 1 aromatic rings. The van der Waals surface area contributed by atoms with E-state index in [2.05, 4.69) is 17.4 Å². The Balaban J connectivity index is 1.93. The number of benzene rings is 1. The van der Waals surface area contributed by atoms with Gasteiger partial charge in [-0.2, -0.15) is 0 Å². The van der Waals surface area contributed by atoms with Crippen molar-refractivity contribution in [1.29, 1.82) is 0 Å². The van der Waals surface area contributed by atoms with Crippen LogP contribution in [0.3, 0.4) is 0 Å². The molecule has 1 aliphatic carbocycles. The molecule has 0 aliphatic heterocycles. The minimum absolute atomic E-state index is 0.0429. The Labute approximate surface area is 174 Å². The van der Waals surface area contributed by atoms with E-state index in [0.29, 0.717) is 18.9 Å². The quantitative estimate of drug-likeness (QED) is 0.649. The Hall–Kier alpha value is -1.39. The lowest BCUT2D eigenvalue weighted by atomic mass is 9.79. The summed E-state index contributed by atoms with van der Waals surface area (Å²) >= 11 is 6.01. The standard InChI is InChI=1S/C23H34ClNO3/c1-16(2)22(25-21(26)14-15-28-3)23(27)19-8-4-6-17(7-5-9-19)18-10-12-20(24)13-11-18/h10-13,16-17,19,22H,4-9,14-15H2,1-3H3,(H,25,26). The lowest BCUT2D eigenvalue weighted by molar-refractivity contribution is -0.132. The fourth-order valence-electron chi connectivity index (χ4n) is 4.12. The zero-order chi connectivity index (χ0) is 20.5. The molecule has 156 valence electrons. The molecule has 1 aliphatic rings. The maximum absolute atomic E-state index is 13.1. The van der Waals surface area contributed by atoms with Gasteiger partial charge in [-0.3, -0.25) is 9.59 Å². The average Bonchev–Trinajstić information content (AvgIpc) is 2.64. The summed E-state index contributed by atoms with van der Waals surface area (Å²) in [5.41, 5.74) is 1.35. The number of carbonyl (C=O) groups excluding carboxylic acids is 2. The zero-order valence-electron chi connectivity index (χ0n) is 17.4. The van der Waals surface area contributed by atoms with Gasteiger partial charge >= 0.3 is 0 Å². The highest BCUT2D eigenvalue weighted by Gasteiger charge is 2.31. The van der Waals surface area contributed by atoms with Gasteiger partial charge in [-0.05, 0) is 55.2 Å². The highest BCUT2D eigenvalue weighted by atomic mass is 35.5. The molecule has 0 bridgehead atoms. The molecular weight excluding hydrogens is 374 g/mol. The topological polar surface area (TPSA) is 55.4 Å². The van der Waals surface area contributed by atoms with Gasteiger partial charge in [0.05, 0.1) is 12.6 Å². The highest BCUT2D eigenvalue weighted by Crippen LogP contribution is 2.34. The predicted octanol–water partition coefficient (Wildman–Crippen LogP) is 5.14. The lowest BCUT2D eigenvalue weighted by Crippen LogP contribution is -2.47. The minimum Gasteiger partial charge on any atom is -0.384 e. The van der Waals surface area contributed by atoms with Crippen LogP contribution in [-0.4, -0.2) is 31.4 Å².